The fourth-order valence-corrected chi connectivity index (χ4v) is 9.99. The van der Waals surface area contributed by atoms with E-state index in [0.717, 1.165) is 57.8 Å². The third-order valence-corrected chi connectivity index (χ3v) is 12.4. The highest BCUT2D eigenvalue weighted by Crippen LogP contribution is 2.59. The number of unbranched alkanes of at least 4 members (excludes halogenated alkanes) is 12. The Labute approximate surface area is 229 Å². The standard InChI is InChI=1S/C25H45F9O3S2/c1-4-7-10-13-14-15-18-21-38(19-16-11-8-5-2,20-17-12-9-6-3)37-39(35,36)25(33,34)23(28,29)22(26,27)24(30,31)32/h4-21H2,1-3H3. The molecule has 0 aromatic rings. The number of halogens is 9. The Balaban J connectivity index is 6.20. The van der Waals surface area contributed by atoms with Crippen LogP contribution in [0.15, 0.2) is 0 Å². The normalized spacial score (nSPS) is 14.7. The van der Waals surface area contributed by atoms with Crippen LogP contribution in [0.2, 0.25) is 0 Å². The first-order valence-electron chi connectivity index (χ1n) is 13.8. The number of hydrogen-bond acceptors (Lipinski definition) is 3. The summed E-state index contributed by atoms with van der Waals surface area (Å²) in [7, 11) is -9.95. The molecule has 0 fully saturated rings. The third-order valence-electron chi connectivity index (χ3n) is 6.52. The first kappa shape index (κ1) is 38.6. The van der Waals surface area contributed by atoms with Crippen LogP contribution in [0.25, 0.3) is 0 Å². The molecule has 0 aromatic heterocycles. The lowest BCUT2D eigenvalue weighted by Crippen LogP contribution is -2.63. The van der Waals surface area contributed by atoms with Gasteiger partial charge in [0, 0.05) is 17.3 Å². The van der Waals surface area contributed by atoms with Crippen LogP contribution in [-0.4, -0.2) is 49.0 Å². The average molecular weight is 629 g/mol. The fraction of sp³-hybridized carbons (Fsp3) is 1.00. The summed E-state index contributed by atoms with van der Waals surface area (Å²) < 4.78 is 152. The van der Waals surface area contributed by atoms with Crippen molar-refractivity contribution in [3.05, 3.63) is 0 Å². The molecule has 3 nitrogen and oxygen atoms in total. The summed E-state index contributed by atoms with van der Waals surface area (Å²) in [6.45, 7) is 5.83. The van der Waals surface area contributed by atoms with Crippen molar-refractivity contribution in [1.29, 1.82) is 0 Å². The number of alkyl halides is 9. The Morgan fingerprint density at radius 1 is 0.487 bits per heavy atom. The van der Waals surface area contributed by atoms with E-state index in [1.807, 2.05) is 20.8 Å². The predicted molar refractivity (Wildman–Crippen MR) is 139 cm³/mol. The Morgan fingerprint density at radius 3 is 1.13 bits per heavy atom. The Morgan fingerprint density at radius 2 is 0.795 bits per heavy atom. The molecule has 0 N–H and O–H groups in total. The van der Waals surface area contributed by atoms with E-state index >= 15 is 0 Å². The Kier molecular flexibility index (Phi) is 16.8. The van der Waals surface area contributed by atoms with Gasteiger partial charge in [-0.2, -0.15) is 47.9 Å². The van der Waals surface area contributed by atoms with Crippen LogP contribution in [0.3, 0.4) is 0 Å². The average Bonchev–Trinajstić information content (AvgIpc) is 2.82. The molecular formula is C25H45F9O3S2. The van der Waals surface area contributed by atoms with Crippen molar-refractivity contribution in [2.75, 3.05) is 17.3 Å². The van der Waals surface area contributed by atoms with Crippen molar-refractivity contribution < 1.29 is 51.6 Å². The molecule has 0 saturated heterocycles. The maximum Gasteiger partial charge on any atom is 0.460 e. The molecule has 0 saturated carbocycles. The van der Waals surface area contributed by atoms with E-state index in [1.165, 1.54) is 0 Å². The number of hydrogen-bond donors (Lipinski definition) is 0. The molecule has 0 aliphatic rings. The van der Waals surface area contributed by atoms with E-state index < -0.39 is 43.7 Å². The van der Waals surface area contributed by atoms with Crippen LogP contribution in [0.4, 0.5) is 39.5 Å². The van der Waals surface area contributed by atoms with Crippen LogP contribution in [0.5, 0.6) is 0 Å². The second-order valence-corrected chi connectivity index (χ2v) is 15.1. The van der Waals surface area contributed by atoms with Crippen molar-refractivity contribution in [2.24, 2.45) is 0 Å². The van der Waals surface area contributed by atoms with Crippen LogP contribution < -0.4 is 0 Å². The monoisotopic (exact) mass is 628 g/mol. The molecule has 0 atom stereocenters. The molecular weight excluding hydrogens is 583 g/mol. The molecule has 0 rings (SSSR count). The van der Waals surface area contributed by atoms with Gasteiger partial charge in [-0.15, -0.1) is 10.3 Å². The van der Waals surface area contributed by atoms with E-state index in [2.05, 4.69) is 0 Å². The molecule has 0 aromatic carbocycles. The van der Waals surface area contributed by atoms with E-state index in [9.17, 15) is 47.9 Å². The van der Waals surface area contributed by atoms with Crippen LogP contribution in [0, 0.1) is 0 Å². The summed E-state index contributed by atoms with van der Waals surface area (Å²) in [5, 5.41) is -6.82. The van der Waals surface area contributed by atoms with Crippen molar-refractivity contribution in [2.45, 2.75) is 140 Å². The highest BCUT2D eigenvalue weighted by atomic mass is 32.3. The van der Waals surface area contributed by atoms with Gasteiger partial charge in [-0.3, -0.25) is 0 Å². The minimum Gasteiger partial charge on any atom is -0.215 e. The van der Waals surface area contributed by atoms with Crippen molar-refractivity contribution in [3.8, 4) is 0 Å². The van der Waals surface area contributed by atoms with Gasteiger partial charge in [-0.25, -0.2) is 3.63 Å². The molecule has 0 aliphatic carbocycles. The predicted octanol–water partition coefficient (Wildman–Crippen LogP) is 10.4. The molecule has 0 amide bonds. The SMILES string of the molecule is CCCCCCCCCS(CCCCCC)(CCCCCC)OS(=O)(=O)C(F)(F)C(F)(F)C(F)(F)C(F)(F)F. The summed E-state index contributed by atoms with van der Waals surface area (Å²) in [6, 6.07) is 0. The second kappa shape index (κ2) is 16.9. The highest BCUT2D eigenvalue weighted by Gasteiger charge is 2.86. The van der Waals surface area contributed by atoms with E-state index in [4.69, 9.17) is 3.63 Å². The Bertz CT molecular complexity index is 761. The largest absolute Gasteiger partial charge is 0.460 e. The van der Waals surface area contributed by atoms with Crippen molar-refractivity contribution in [1.82, 2.24) is 0 Å². The van der Waals surface area contributed by atoms with Gasteiger partial charge >= 0.3 is 33.4 Å². The zero-order valence-electron chi connectivity index (χ0n) is 23.2. The minimum absolute atomic E-state index is 0.0461. The summed E-state index contributed by atoms with van der Waals surface area (Å²) in [6.07, 6.45) is 3.27. The maximum atomic E-state index is 14.6. The zero-order chi connectivity index (χ0) is 30.4. The summed E-state index contributed by atoms with van der Waals surface area (Å²) in [5.41, 5.74) is 0. The lowest BCUT2D eigenvalue weighted by molar-refractivity contribution is -0.382. The Hall–Kier alpha value is -0.370. The molecule has 0 heterocycles. The lowest BCUT2D eigenvalue weighted by atomic mass is 10.1. The molecule has 0 unspecified atom stereocenters. The van der Waals surface area contributed by atoms with Gasteiger partial charge in [0.1, 0.15) is 0 Å². The molecule has 0 bridgehead atoms. The van der Waals surface area contributed by atoms with Crippen LogP contribution in [-0.2, 0) is 13.7 Å². The van der Waals surface area contributed by atoms with Crippen molar-refractivity contribution in [3.63, 3.8) is 0 Å². The van der Waals surface area contributed by atoms with Gasteiger partial charge in [0.25, 0.3) is 0 Å². The molecule has 0 spiro atoms. The fourth-order valence-electron chi connectivity index (χ4n) is 4.06. The van der Waals surface area contributed by atoms with Gasteiger partial charge in [0.2, 0.25) is 0 Å². The molecule has 238 valence electrons. The summed E-state index contributed by atoms with van der Waals surface area (Å²) in [4.78, 5) is 0. The van der Waals surface area contributed by atoms with Gasteiger partial charge in [-0.1, -0.05) is 97.8 Å². The lowest BCUT2D eigenvalue weighted by Gasteiger charge is -2.41. The summed E-state index contributed by atoms with van der Waals surface area (Å²) in [5.74, 6) is -14.7. The van der Waals surface area contributed by atoms with E-state index in [-0.39, 0.29) is 17.3 Å². The topological polar surface area (TPSA) is 43.4 Å². The van der Waals surface area contributed by atoms with Gasteiger partial charge in [-0.05, 0) is 19.3 Å². The van der Waals surface area contributed by atoms with Crippen LogP contribution in [0.1, 0.15) is 117 Å². The number of rotatable bonds is 23. The maximum absolute atomic E-state index is 14.6. The van der Waals surface area contributed by atoms with Gasteiger partial charge in [0.05, 0.1) is 0 Å². The zero-order valence-corrected chi connectivity index (χ0v) is 24.8. The molecule has 0 radical (unpaired) electrons. The van der Waals surface area contributed by atoms with Crippen LogP contribution >= 0.6 is 10.3 Å². The first-order valence-corrected chi connectivity index (χ1v) is 17.3. The van der Waals surface area contributed by atoms with E-state index in [1.54, 1.807) is 0 Å². The van der Waals surface area contributed by atoms with E-state index in [0.29, 0.717) is 38.5 Å². The van der Waals surface area contributed by atoms with Gasteiger partial charge < -0.3 is 0 Å². The third kappa shape index (κ3) is 11.1. The molecule has 14 heteroatoms. The molecule has 39 heavy (non-hydrogen) atoms. The van der Waals surface area contributed by atoms with Crippen molar-refractivity contribution >= 4 is 20.4 Å². The van der Waals surface area contributed by atoms with Gasteiger partial charge in [0.15, 0.2) is 0 Å². The second-order valence-electron chi connectivity index (χ2n) is 10.0. The molecule has 0 aliphatic heterocycles. The first-order chi connectivity index (χ1) is 17.9. The smallest absolute Gasteiger partial charge is 0.215 e. The summed E-state index contributed by atoms with van der Waals surface area (Å²) >= 11 is 0. The highest BCUT2D eigenvalue weighted by molar-refractivity contribution is 8.33. The minimum atomic E-state index is -7.31. The quantitative estimate of drug-likeness (QED) is 0.0835.